The number of halogens is 4. The average molecular weight is 341 g/mol. The average Bonchev–Trinajstić information content (AvgIpc) is 2.24. The molecule has 0 saturated carbocycles. The summed E-state index contributed by atoms with van der Waals surface area (Å²) in [5.74, 6) is 0. The zero-order valence-electron chi connectivity index (χ0n) is 10.3. The molecule has 0 unspecified atom stereocenters. The summed E-state index contributed by atoms with van der Waals surface area (Å²) in [6.07, 6.45) is -4.31. The fourth-order valence-corrected chi connectivity index (χ4v) is 5.02. The van der Waals surface area contributed by atoms with Gasteiger partial charge < -0.3 is 0 Å². The summed E-state index contributed by atoms with van der Waals surface area (Å²) in [6.45, 7) is 5.67. The topological polar surface area (TPSA) is 0 Å². The Labute approximate surface area is 111 Å². The Hall–Kier alpha value is -0.584. The second kappa shape index (κ2) is 5.59. The van der Waals surface area contributed by atoms with Crippen molar-refractivity contribution in [2.75, 3.05) is 0 Å². The SMILES string of the molecule is C[Si](C)(C)C(F)=C[Se]c1ccc(C(F)(F)F)cc1. The van der Waals surface area contributed by atoms with Gasteiger partial charge in [0.1, 0.15) is 0 Å². The van der Waals surface area contributed by atoms with Crippen molar-refractivity contribution in [3.8, 4) is 0 Å². The van der Waals surface area contributed by atoms with Gasteiger partial charge in [-0.2, -0.15) is 0 Å². The Bertz CT molecular complexity index is 429. The van der Waals surface area contributed by atoms with Crippen molar-refractivity contribution in [2.45, 2.75) is 25.8 Å². The van der Waals surface area contributed by atoms with Crippen LogP contribution in [0.15, 0.2) is 34.7 Å². The van der Waals surface area contributed by atoms with Crippen molar-refractivity contribution in [3.63, 3.8) is 0 Å². The van der Waals surface area contributed by atoms with Crippen molar-refractivity contribution >= 4 is 27.5 Å². The quantitative estimate of drug-likeness (QED) is 0.581. The van der Waals surface area contributed by atoms with E-state index in [1.54, 1.807) is 0 Å². The van der Waals surface area contributed by atoms with Crippen LogP contribution in [0.1, 0.15) is 5.56 Å². The van der Waals surface area contributed by atoms with Gasteiger partial charge in [0.15, 0.2) is 0 Å². The summed E-state index contributed by atoms with van der Waals surface area (Å²) in [5, 5.41) is 0. The van der Waals surface area contributed by atoms with E-state index in [1.807, 2.05) is 19.6 Å². The van der Waals surface area contributed by atoms with E-state index in [9.17, 15) is 17.6 Å². The minimum absolute atomic E-state index is 0.0950. The molecule has 1 aromatic carbocycles. The fourth-order valence-electron chi connectivity index (χ4n) is 1.02. The predicted octanol–water partition coefficient (Wildman–Crippen LogP) is 3.72. The molecule has 0 aliphatic rings. The zero-order chi connectivity index (χ0) is 14.0. The molecule has 0 spiro atoms. The molecule has 0 N–H and O–H groups in total. The molecule has 0 aliphatic carbocycles. The van der Waals surface area contributed by atoms with Crippen LogP contribution in [0.3, 0.4) is 0 Å². The maximum absolute atomic E-state index is 13.6. The zero-order valence-corrected chi connectivity index (χ0v) is 13.0. The van der Waals surface area contributed by atoms with Crippen molar-refractivity contribution in [2.24, 2.45) is 0 Å². The summed E-state index contributed by atoms with van der Waals surface area (Å²) < 4.78 is 51.3. The van der Waals surface area contributed by atoms with Crippen LogP contribution < -0.4 is 4.46 Å². The van der Waals surface area contributed by atoms with Gasteiger partial charge in [0.05, 0.1) is 0 Å². The standard InChI is InChI=1S/C12H14F4SeSi/c1-18(2,3)11(13)8-17-10-6-4-9(5-7-10)12(14,15)16/h4-8H,1-3H3. The first-order chi connectivity index (χ1) is 8.10. The molecule has 0 bridgehead atoms. The molecular formula is C12H14F4SeSi. The van der Waals surface area contributed by atoms with Gasteiger partial charge in [0.25, 0.3) is 0 Å². The van der Waals surface area contributed by atoms with Crippen molar-refractivity contribution in [1.82, 2.24) is 0 Å². The van der Waals surface area contributed by atoms with Crippen LogP contribution in [0.4, 0.5) is 17.6 Å². The van der Waals surface area contributed by atoms with E-state index in [2.05, 4.69) is 0 Å². The number of hydrogen-bond acceptors (Lipinski definition) is 0. The third kappa shape index (κ3) is 4.59. The molecule has 0 aliphatic heterocycles. The van der Waals surface area contributed by atoms with Gasteiger partial charge in [-0.15, -0.1) is 0 Å². The maximum atomic E-state index is 13.6. The summed E-state index contributed by atoms with van der Waals surface area (Å²) >= 11 is -0.255. The predicted molar refractivity (Wildman–Crippen MR) is 69.4 cm³/mol. The molecule has 100 valence electrons. The molecule has 0 atom stereocenters. The van der Waals surface area contributed by atoms with Crippen LogP contribution in [0.5, 0.6) is 0 Å². The molecule has 0 fully saturated rings. The van der Waals surface area contributed by atoms with Gasteiger partial charge in [0.2, 0.25) is 0 Å². The molecule has 1 rings (SSSR count). The second-order valence-corrected chi connectivity index (χ2v) is 11.8. The van der Waals surface area contributed by atoms with E-state index in [1.165, 1.54) is 17.1 Å². The Morgan fingerprint density at radius 3 is 2.00 bits per heavy atom. The molecule has 0 nitrogen and oxygen atoms in total. The minimum atomic E-state index is -4.31. The van der Waals surface area contributed by atoms with E-state index in [0.29, 0.717) is 0 Å². The first-order valence-corrected chi connectivity index (χ1v) is 10.7. The fraction of sp³-hybridized carbons (Fsp3) is 0.333. The van der Waals surface area contributed by atoms with Crippen molar-refractivity contribution in [1.29, 1.82) is 0 Å². The summed E-state index contributed by atoms with van der Waals surface area (Å²) in [4.78, 5) is 1.53. The van der Waals surface area contributed by atoms with Crippen LogP contribution in [0.2, 0.25) is 19.6 Å². The Kier molecular flexibility index (Phi) is 4.81. The Balaban J connectivity index is 2.77. The Morgan fingerprint density at radius 2 is 1.61 bits per heavy atom. The number of rotatable bonds is 3. The molecule has 0 radical (unpaired) electrons. The monoisotopic (exact) mass is 342 g/mol. The first-order valence-electron chi connectivity index (χ1n) is 5.31. The van der Waals surface area contributed by atoms with Crippen molar-refractivity contribution in [3.05, 3.63) is 40.3 Å². The first kappa shape index (κ1) is 15.5. The molecule has 0 saturated heterocycles. The van der Waals surface area contributed by atoms with Gasteiger partial charge >= 0.3 is 111 Å². The van der Waals surface area contributed by atoms with E-state index < -0.39 is 19.8 Å². The second-order valence-electron chi connectivity index (χ2n) is 4.86. The van der Waals surface area contributed by atoms with Gasteiger partial charge in [0, 0.05) is 0 Å². The molecule has 0 amide bonds. The third-order valence-electron chi connectivity index (χ3n) is 2.20. The van der Waals surface area contributed by atoms with Gasteiger partial charge in [-0.3, -0.25) is 0 Å². The van der Waals surface area contributed by atoms with Crippen LogP contribution in [0, 0.1) is 0 Å². The number of alkyl halides is 3. The molecule has 1 aromatic rings. The van der Waals surface area contributed by atoms with E-state index in [4.69, 9.17) is 0 Å². The van der Waals surface area contributed by atoms with Crippen LogP contribution in [-0.2, 0) is 6.18 Å². The van der Waals surface area contributed by atoms with Gasteiger partial charge in [-0.05, 0) is 0 Å². The van der Waals surface area contributed by atoms with E-state index >= 15 is 0 Å². The molecule has 0 aromatic heterocycles. The molecular weight excluding hydrogens is 327 g/mol. The number of hydrogen-bond donors (Lipinski definition) is 0. The summed E-state index contributed by atoms with van der Waals surface area (Å²) in [6, 6.07) is 4.91. The number of benzene rings is 1. The normalized spacial score (nSPS) is 13.8. The van der Waals surface area contributed by atoms with Gasteiger partial charge in [-0.25, -0.2) is 0 Å². The Morgan fingerprint density at radius 1 is 1.11 bits per heavy atom. The van der Waals surface area contributed by atoms with Crippen LogP contribution >= 0.6 is 0 Å². The molecule has 6 heteroatoms. The van der Waals surface area contributed by atoms with E-state index in [0.717, 1.165) is 16.6 Å². The summed E-state index contributed by atoms with van der Waals surface area (Å²) in [7, 11) is -1.93. The van der Waals surface area contributed by atoms with E-state index in [-0.39, 0.29) is 20.4 Å². The third-order valence-corrected chi connectivity index (χ3v) is 6.07. The van der Waals surface area contributed by atoms with Crippen LogP contribution in [-0.4, -0.2) is 23.0 Å². The van der Waals surface area contributed by atoms with Crippen molar-refractivity contribution < 1.29 is 17.6 Å². The molecule has 18 heavy (non-hydrogen) atoms. The summed E-state index contributed by atoms with van der Waals surface area (Å²) in [5.41, 5.74) is -0.765. The van der Waals surface area contributed by atoms with Gasteiger partial charge in [-0.1, -0.05) is 0 Å². The van der Waals surface area contributed by atoms with Crippen LogP contribution in [0.25, 0.3) is 0 Å². The molecule has 0 heterocycles.